The van der Waals surface area contributed by atoms with Gasteiger partial charge in [0.25, 0.3) is 5.91 Å². The van der Waals surface area contributed by atoms with Crippen molar-refractivity contribution >= 4 is 34.2 Å². The molecule has 0 bridgehead atoms. The number of hydrogen-bond acceptors (Lipinski definition) is 7. The second-order valence-corrected chi connectivity index (χ2v) is 8.96. The van der Waals surface area contributed by atoms with Crippen molar-refractivity contribution in [2.45, 2.75) is 40.2 Å². The van der Waals surface area contributed by atoms with Gasteiger partial charge >= 0.3 is 6.09 Å². The number of phenols is 1. The van der Waals surface area contributed by atoms with Crippen molar-refractivity contribution in [2.24, 2.45) is 5.92 Å². The van der Waals surface area contributed by atoms with E-state index in [9.17, 15) is 14.7 Å². The van der Waals surface area contributed by atoms with Crippen molar-refractivity contribution in [3.8, 4) is 5.75 Å². The number of rotatable bonds is 6. The Balaban J connectivity index is 1.56. The first kappa shape index (κ1) is 21.9. The monoisotopic (exact) mass is 432 g/mol. The Hall–Kier alpha value is -2.81. The lowest BCUT2D eigenvalue weighted by Crippen LogP contribution is -2.32. The highest BCUT2D eigenvalue weighted by atomic mass is 32.1. The number of nitrogens with zero attached hydrogens (tertiary/aromatic N) is 2. The second-order valence-electron chi connectivity index (χ2n) is 7.93. The summed E-state index contributed by atoms with van der Waals surface area (Å²) in [5.41, 5.74) is 2.10. The number of aryl methyl sites for hydroxylation is 1. The largest absolute Gasteiger partial charge is 0.508 e. The smallest absolute Gasteiger partial charge is 0.409 e. The molecular formula is C21H28N4O4S. The van der Waals surface area contributed by atoms with Gasteiger partial charge in [-0.3, -0.25) is 4.79 Å². The Labute approximate surface area is 180 Å². The Morgan fingerprint density at radius 2 is 2.13 bits per heavy atom. The molecule has 1 aromatic heterocycles. The highest BCUT2D eigenvalue weighted by Gasteiger charge is 2.28. The number of hydrogen-bond donors (Lipinski definition) is 3. The van der Waals surface area contributed by atoms with Gasteiger partial charge in [0, 0.05) is 24.7 Å². The molecule has 0 aliphatic carbocycles. The van der Waals surface area contributed by atoms with Crippen LogP contribution in [0.1, 0.15) is 41.1 Å². The van der Waals surface area contributed by atoms with Gasteiger partial charge in [0.15, 0.2) is 5.13 Å². The van der Waals surface area contributed by atoms with Gasteiger partial charge in [-0.05, 0) is 37.8 Å². The fourth-order valence-corrected chi connectivity index (χ4v) is 3.99. The summed E-state index contributed by atoms with van der Waals surface area (Å²) in [7, 11) is 0. The third-order valence-electron chi connectivity index (χ3n) is 4.93. The van der Waals surface area contributed by atoms with Gasteiger partial charge in [-0.1, -0.05) is 31.3 Å². The number of carbonyl (C=O) groups excluding carboxylic acids is 2. The molecule has 1 saturated heterocycles. The van der Waals surface area contributed by atoms with E-state index in [1.54, 1.807) is 24.0 Å². The Morgan fingerprint density at radius 3 is 2.87 bits per heavy atom. The molecule has 0 unspecified atom stereocenters. The van der Waals surface area contributed by atoms with Crippen LogP contribution < -0.4 is 10.6 Å². The van der Waals surface area contributed by atoms with Gasteiger partial charge in [0.2, 0.25) is 0 Å². The van der Waals surface area contributed by atoms with Crippen LogP contribution in [0.25, 0.3) is 0 Å². The van der Waals surface area contributed by atoms with Gasteiger partial charge in [-0.2, -0.15) is 0 Å². The Bertz CT molecular complexity index is 928. The summed E-state index contributed by atoms with van der Waals surface area (Å²) in [6.07, 6.45) is 2.03. The maximum atomic E-state index is 12.6. The Morgan fingerprint density at radius 1 is 1.37 bits per heavy atom. The zero-order valence-corrected chi connectivity index (χ0v) is 18.5. The summed E-state index contributed by atoms with van der Waals surface area (Å²) in [4.78, 5) is 31.2. The van der Waals surface area contributed by atoms with Crippen molar-refractivity contribution in [1.82, 2.24) is 9.88 Å². The van der Waals surface area contributed by atoms with Crippen molar-refractivity contribution in [3.63, 3.8) is 0 Å². The van der Waals surface area contributed by atoms with Crippen molar-refractivity contribution in [1.29, 1.82) is 0 Å². The number of benzene rings is 1. The van der Waals surface area contributed by atoms with Gasteiger partial charge < -0.3 is 25.4 Å². The molecule has 1 aliphatic rings. The average Bonchev–Trinajstić information content (AvgIpc) is 3.36. The molecule has 9 heteroatoms. The topological polar surface area (TPSA) is 104 Å². The van der Waals surface area contributed by atoms with E-state index in [1.165, 1.54) is 17.5 Å². The predicted octanol–water partition coefficient (Wildman–Crippen LogP) is 4.00. The molecule has 2 aromatic rings. The summed E-state index contributed by atoms with van der Waals surface area (Å²) in [5.74, 6) is 0.167. The first-order valence-corrected chi connectivity index (χ1v) is 10.8. The van der Waals surface area contributed by atoms with Crippen LogP contribution in [0.2, 0.25) is 0 Å². The number of ether oxygens (including phenoxy) is 1. The molecule has 2 heterocycles. The number of thiazole rings is 1. The van der Waals surface area contributed by atoms with Crippen LogP contribution in [0.4, 0.5) is 15.6 Å². The zero-order chi connectivity index (χ0) is 21.8. The van der Waals surface area contributed by atoms with Crippen LogP contribution in [0.5, 0.6) is 5.75 Å². The van der Waals surface area contributed by atoms with Crippen molar-refractivity contribution in [3.05, 3.63) is 34.3 Å². The molecule has 1 atom stereocenters. The van der Waals surface area contributed by atoms with Crippen molar-refractivity contribution < 1.29 is 19.4 Å². The summed E-state index contributed by atoms with van der Waals surface area (Å²) in [6, 6.07) is 3.43. The first-order chi connectivity index (χ1) is 14.2. The number of phenolic OH excluding ortho intramolecular Hbond substituents is 1. The van der Waals surface area contributed by atoms with Crippen LogP contribution in [0, 0.1) is 19.8 Å². The lowest BCUT2D eigenvalue weighted by atomic mass is 10.1. The molecule has 1 fully saturated rings. The molecule has 8 nitrogen and oxygen atoms in total. The van der Waals surface area contributed by atoms with E-state index < -0.39 is 0 Å². The van der Waals surface area contributed by atoms with Gasteiger partial charge in [-0.25, -0.2) is 9.78 Å². The maximum absolute atomic E-state index is 12.6. The summed E-state index contributed by atoms with van der Waals surface area (Å²) < 4.78 is 5.28. The second kappa shape index (κ2) is 9.34. The van der Waals surface area contributed by atoms with Crippen molar-refractivity contribution in [2.75, 3.05) is 30.3 Å². The molecule has 3 N–H and O–H groups in total. The highest BCUT2D eigenvalue weighted by molar-refractivity contribution is 7.17. The van der Waals surface area contributed by atoms with E-state index in [2.05, 4.69) is 15.6 Å². The van der Waals surface area contributed by atoms with E-state index in [-0.39, 0.29) is 23.8 Å². The molecule has 0 radical (unpaired) electrons. The van der Waals surface area contributed by atoms with Crippen LogP contribution in [0.15, 0.2) is 18.3 Å². The van der Waals surface area contributed by atoms with E-state index in [4.69, 9.17) is 4.74 Å². The number of nitrogens with one attached hydrogen (secondary N) is 2. The van der Waals surface area contributed by atoms with Crippen LogP contribution >= 0.6 is 11.3 Å². The van der Waals surface area contributed by atoms with E-state index in [0.29, 0.717) is 46.9 Å². The lowest BCUT2D eigenvalue weighted by molar-refractivity contribution is 0.0992. The standard InChI is InChI=1S/C21H28N4O4S/c1-12(2)11-29-21(28)25-8-7-15(10-25)23-20-22-9-17(30-20)19(27)24-18-13(3)5-6-16(26)14(18)4/h5-6,9,12,15,26H,7-8,10-11H2,1-4H3,(H,22,23)(H,24,27)/t15-/m0/s1. The van der Waals surface area contributed by atoms with Gasteiger partial charge in [-0.15, -0.1) is 0 Å². The number of anilines is 2. The lowest BCUT2D eigenvalue weighted by Gasteiger charge is -2.17. The van der Waals surface area contributed by atoms with Gasteiger partial charge in [0.1, 0.15) is 10.6 Å². The van der Waals surface area contributed by atoms with E-state index >= 15 is 0 Å². The minimum Gasteiger partial charge on any atom is -0.508 e. The fourth-order valence-electron chi connectivity index (χ4n) is 3.20. The summed E-state index contributed by atoms with van der Waals surface area (Å²) in [6.45, 7) is 9.22. The zero-order valence-electron chi connectivity index (χ0n) is 17.7. The van der Waals surface area contributed by atoms with E-state index in [0.717, 1.165) is 12.0 Å². The SMILES string of the molecule is Cc1ccc(O)c(C)c1NC(=O)c1cnc(N[C@H]2CCN(C(=O)OCC(C)C)C2)s1. The number of amides is 2. The quantitative estimate of drug-likeness (QED) is 0.638. The molecule has 3 rings (SSSR count). The van der Waals surface area contributed by atoms with E-state index in [1.807, 2.05) is 20.8 Å². The number of aromatic hydroxyl groups is 1. The molecule has 30 heavy (non-hydrogen) atoms. The normalized spacial score (nSPS) is 16.0. The van der Waals surface area contributed by atoms with Crippen LogP contribution in [-0.4, -0.2) is 52.7 Å². The van der Waals surface area contributed by atoms with Crippen LogP contribution in [0.3, 0.4) is 0 Å². The molecule has 1 aliphatic heterocycles. The maximum Gasteiger partial charge on any atom is 0.409 e. The fraction of sp³-hybridized carbons (Fsp3) is 0.476. The first-order valence-electron chi connectivity index (χ1n) is 9.99. The number of carbonyl (C=O) groups is 2. The number of likely N-dealkylation sites (tertiary alicyclic amines) is 1. The van der Waals surface area contributed by atoms with Crippen LogP contribution in [-0.2, 0) is 4.74 Å². The molecule has 0 spiro atoms. The predicted molar refractivity (Wildman–Crippen MR) is 117 cm³/mol. The minimum atomic E-state index is -0.288. The molecular weight excluding hydrogens is 404 g/mol. The number of aromatic nitrogens is 1. The minimum absolute atomic E-state index is 0.0641. The molecule has 0 saturated carbocycles. The molecule has 1 aromatic carbocycles. The Kier molecular flexibility index (Phi) is 6.81. The molecule has 162 valence electrons. The average molecular weight is 433 g/mol. The van der Waals surface area contributed by atoms with Gasteiger partial charge in [0.05, 0.1) is 18.5 Å². The summed E-state index contributed by atoms with van der Waals surface area (Å²) >= 11 is 1.26. The third-order valence-corrected chi connectivity index (χ3v) is 5.85. The molecule has 2 amide bonds. The third kappa shape index (κ3) is 5.21. The highest BCUT2D eigenvalue weighted by Crippen LogP contribution is 2.29. The summed E-state index contributed by atoms with van der Waals surface area (Å²) in [5, 5.41) is 16.7.